The zero-order valence-electron chi connectivity index (χ0n) is 9.73. The molecule has 1 atom stereocenters. The van der Waals surface area contributed by atoms with Crippen LogP contribution < -0.4 is 10.5 Å². The first kappa shape index (κ1) is 12.4. The molecule has 0 fully saturated rings. The first-order chi connectivity index (χ1) is 8.65. The Kier molecular flexibility index (Phi) is 3.53. The van der Waals surface area contributed by atoms with Crippen LogP contribution in [0.5, 0.6) is 5.75 Å². The fraction of sp³-hybridized carbons (Fsp3) is 0.154. The molecule has 0 aliphatic heterocycles. The van der Waals surface area contributed by atoms with Crippen molar-refractivity contribution in [2.45, 2.75) is 6.04 Å². The van der Waals surface area contributed by atoms with E-state index in [-0.39, 0.29) is 5.56 Å². The number of benzene rings is 1. The molecule has 5 heteroatoms. The quantitative estimate of drug-likeness (QED) is 0.910. The second-order valence-corrected chi connectivity index (χ2v) is 3.71. The topological polar surface area (TPSA) is 48.1 Å². The van der Waals surface area contributed by atoms with E-state index in [0.717, 1.165) is 6.07 Å². The number of hydrogen-bond acceptors (Lipinski definition) is 3. The Hall–Kier alpha value is -2.01. The summed E-state index contributed by atoms with van der Waals surface area (Å²) in [5.74, 6) is -1.45. The smallest absolute Gasteiger partial charge is 0.163 e. The van der Waals surface area contributed by atoms with Crippen LogP contribution in [0.3, 0.4) is 0 Å². The average Bonchev–Trinajstić information content (AvgIpc) is 2.41. The van der Waals surface area contributed by atoms with Crippen molar-refractivity contribution in [3.05, 3.63) is 59.4 Å². The van der Waals surface area contributed by atoms with Gasteiger partial charge in [0, 0.05) is 11.8 Å². The van der Waals surface area contributed by atoms with Crippen LogP contribution in [0.25, 0.3) is 0 Å². The van der Waals surface area contributed by atoms with Gasteiger partial charge in [0.25, 0.3) is 0 Å². The van der Waals surface area contributed by atoms with E-state index in [1.807, 2.05) is 0 Å². The van der Waals surface area contributed by atoms with Gasteiger partial charge < -0.3 is 10.5 Å². The highest BCUT2D eigenvalue weighted by molar-refractivity contribution is 5.37. The summed E-state index contributed by atoms with van der Waals surface area (Å²) in [7, 11) is 1.47. The molecule has 1 aromatic heterocycles. The van der Waals surface area contributed by atoms with Crippen molar-refractivity contribution in [1.29, 1.82) is 0 Å². The molecule has 2 rings (SSSR count). The van der Waals surface area contributed by atoms with Crippen molar-refractivity contribution in [2.24, 2.45) is 5.73 Å². The Balaban J connectivity index is 2.48. The van der Waals surface area contributed by atoms with E-state index < -0.39 is 17.7 Å². The van der Waals surface area contributed by atoms with E-state index >= 15 is 0 Å². The molecule has 18 heavy (non-hydrogen) atoms. The van der Waals surface area contributed by atoms with Gasteiger partial charge in [-0.25, -0.2) is 8.78 Å². The first-order valence-electron chi connectivity index (χ1n) is 5.33. The SMILES string of the molecule is COc1cccnc1C(N)c1cccc(F)c1F. The molecule has 0 radical (unpaired) electrons. The summed E-state index contributed by atoms with van der Waals surface area (Å²) in [4.78, 5) is 4.06. The Labute approximate surface area is 103 Å². The molecule has 0 amide bonds. The zero-order valence-corrected chi connectivity index (χ0v) is 9.73. The van der Waals surface area contributed by atoms with Crippen LogP contribution in [0, 0.1) is 11.6 Å². The molecular weight excluding hydrogens is 238 g/mol. The Morgan fingerprint density at radius 3 is 2.72 bits per heavy atom. The van der Waals surface area contributed by atoms with Crippen LogP contribution >= 0.6 is 0 Å². The number of nitrogens with zero attached hydrogens (tertiary/aromatic N) is 1. The molecule has 1 heterocycles. The Morgan fingerprint density at radius 1 is 1.22 bits per heavy atom. The minimum atomic E-state index is -0.960. The van der Waals surface area contributed by atoms with E-state index in [9.17, 15) is 8.78 Å². The second kappa shape index (κ2) is 5.10. The van der Waals surface area contributed by atoms with Gasteiger partial charge in [-0.2, -0.15) is 0 Å². The van der Waals surface area contributed by atoms with Crippen molar-refractivity contribution in [3.63, 3.8) is 0 Å². The summed E-state index contributed by atoms with van der Waals surface area (Å²) in [5, 5.41) is 0. The predicted molar refractivity (Wildman–Crippen MR) is 63.2 cm³/mol. The number of nitrogens with two attached hydrogens (primary N) is 1. The number of rotatable bonds is 3. The molecule has 0 bridgehead atoms. The zero-order chi connectivity index (χ0) is 13.1. The number of halogens is 2. The highest BCUT2D eigenvalue weighted by Gasteiger charge is 2.20. The summed E-state index contributed by atoms with van der Waals surface area (Å²) in [5.41, 5.74) is 6.33. The summed E-state index contributed by atoms with van der Waals surface area (Å²) in [6.45, 7) is 0. The fourth-order valence-electron chi connectivity index (χ4n) is 1.72. The third-order valence-electron chi connectivity index (χ3n) is 2.63. The van der Waals surface area contributed by atoms with Crippen LogP contribution in [0.15, 0.2) is 36.5 Å². The van der Waals surface area contributed by atoms with Crippen LogP contribution in [-0.4, -0.2) is 12.1 Å². The van der Waals surface area contributed by atoms with E-state index in [1.54, 1.807) is 12.1 Å². The van der Waals surface area contributed by atoms with E-state index in [0.29, 0.717) is 11.4 Å². The molecule has 2 N–H and O–H groups in total. The van der Waals surface area contributed by atoms with Gasteiger partial charge in [-0.05, 0) is 18.2 Å². The normalized spacial score (nSPS) is 12.2. The van der Waals surface area contributed by atoms with Crippen molar-refractivity contribution in [2.75, 3.05) is 7.11 Å². The molecule has 0 aliphatic carbocycles. The van der Waals surface area contributed by atoms with Crippen molar-refractivity contribution in [1.82, 2.24) is 4.98 Å². The van der Waals surface area contributed by atoms with Crippen molar-refractivity contribution in [3.8, 4) is 5.75 Å². The first-order valence-corrected chi connectivity index (χ1v) is 5.33. The number of hydrogen-bond donors (Lipinski definition) is 1. The van der Waals surface area contributed by atoms with Gasteiger partial charge in [-0.15, -0.1) is 0 Å². The molecular formula is C13H12F2N2O. The molecule has 94 valence electrons. The third-order valence-corrected chi connectivity index (χ3v) is 2.63. The van der Waals surface area contributed by atoms with Crippen molar-refractivity contribution >= 4 is 0 Å². The minimum absolute atomic E-state index is 0.0481. The van der Waals surface area contributed by atoms with Crippen LogP contribution in [0.2, 0.25) is 0 Å². The molecule has 0 saturated heterocycles. The van der Waals surface area contributed by atoms with E-state index in [2.05, 4.69) is 4.98 Å². The van der Waals surface area contributed by atoms with Gasteiger partial charge in [-0.3, -0.25) is 4.98 Å². The van der Waals surface area contributed by atoms with Crippen LogP contribution in [-0.2, 0) is 0 Å². The maximum absolute atomic E-state index is 13.6. The lowest BCUT2D eigenvalue weighted by molar-refractivity contribution is 0.403. The highest BCUT2D eigenvalue weighted by atomic mass is 19.2. The fourth-order valence-corrected chi connectivity index (χ4v) is 1.72. The lowest BCUT2D eigenvalue weighted by Gasteiger charge is -2.15. The van der Waals surface area contributed by atoms with E-state index in [1.165, 1.54) is 25.4 Å². The molecule has 0 aliphatic rings. The number of aromatic nitrogens is 1. The molecule has 2 aromatic rings. The maximum Gasteiger partial charge on any atom is 0.163 e. The lowest BCUT2D eigenvalue weighted by Crippen LogP contribution is -2.16. The summed E-state index contributed by atoms with van der Waals surface area (Å²) >= 11 is 0. The molecule has 1 aromatic carbocycles. The van der Waals surface area contributed by atoms with Gasteiger partial charge in [0.15, 0.2) is 11.6 Å². The summed E-state index contributed by atoms with van der Waals surface area (Å²) < 4.78 is 31.9. The largest absolute Gasteiger partial charge is 0.495 e. The van der Waals surface area contributed by atoms with Gasteiger partial charge >= 0.3 is 0 Å². The number of ether oxygens (including phenoxy) is 1. The summed E-state index contributed by atoms with van der Waals surface area (Å²) in [6, 6.07) is 6.34. The van der Waals surface area contributed by atoms with Crippen LogP contribution in [0.4, 0.5) is 8.78 Å². The molecule has 3 nitrogen and oxygen atoms in total. The number of methoxy groups -OCH3 is 1. The Morgan fingerprint density at radius 2 is 2.00 bits per heavy atom. The standard InChI is InChI=1S/C13H12F2N2O/c1-18-10-6-3-7-17-13(10)12(16)8-4-2-5-9(14)11(8)15/h2-7,12H,16H2,1H3. The van der Waals surface area contributed by atoms with Crippen LogP contribution in [0.1, 0.15) is 17.3 Å². The second-order valence-electron chi connectivity index (χ2n) is 3.71. The third kappa shape index (κ3) is 2.17. The summed E-state index contributed by atoms with van der Waals surface area (Å²) in [6.07, 6.45) is 1.52. The van der Waals surface area contributed by atoms with E-state index in [4.69, 9.17) is 10.5 Å². The predicted octanol–water partition coefficient (Wildman–Crippen LogP) is 2.42. The van der Waals surface area contributed by atoms with Crippen molar-refractivity contribution < 1.29 is 13.5 Å². The Bertz CT molecular complexity index is 560. The lowest BCUT2D eigenvalue weighted by atomic mass is 10.0. The highest BCUT2D eigenvalue weighted by Crippen LogP contribution is 2.28. The number of pyridine rings is 1. The minimum Gasteiger partial charge on any atom is -0.495 e. The maximum atomic E-state index is 13.6. The van der Waals surface area contributed by atoms with Gasteiger partial charge in [-0.1, -0.05) is 12.1 Å². The average molecular weight is 250 g/mol. The van der Waals surface area contributed by atoms with Gasteiger partial charge in [0.05, 0.1) is 13.2 Å². The molecule has 1 unspecified atom stereocenters. The monoisotopic (exact) mass is 250 g/mol. The van der Waals surface area contributed by atoms with Gasteiger partial charge in [0.1, 0.15) is 11.4 Å². The van der Waals surface area contributed by atoms with Gasteiger partial charge in [0.2, 0.25) is 0 Å². The molecule has 0 spiro atoms. The molecule has 0 saturated carbocycles.